The molecule has 0 spiro atoms. The fourth-order valence-electron chi connectivity index (χ4n) is 4.85. The average molecular weight is 484 g/mol. The first kappa shape index (κ1) is 23.4. The molecule has 182 valence electrons. The molecular formula is C25H34ClN7O. The summed E-state index contributed by atoms with van der Waals surface area (Å²) in [7, 11) is 3.93. The van der Waals surface area contributed by atoms with Crippen molar-refractivity contribution in [1.82, 2.24) is 24.8 Å². The van der Waals surface area contributed by atoms with Crippen LogP contribution in [0.3, 0.4) is 0 Å². The number of methoxy groups -OCH3 is 1. The molecule has 0 atom stereocenters. The largest absolute Gasteiger partial charge is 0.383 e. The minimum Gasteiger partial charge on any atom is -0.383 e. The van der Waals surface area contributed by atoms with Gasteiger partial charge in [0.1, 0.15) is 11.3 Å². The molecule has 2 aliphatic heterocycles. The van der Waals surface area contributed by atoms with Crippen molar-refractivity contribution in [1.29, 1.82) is 0 Å². The van der Waals surface area contributed by atoms with Gasteiger partial charge in [-0.25, -0.2) is 9.97 Å². The highest BCUT2D eigenvalue weighted by Crippen LogP contribution is 2.32. The number of aromatic amines is 1. The molecule has 0 saturated carbocycles. The van der Waals surface area contributed by atoms with E-state index in [4.69, 9.17) is 21.3 Å². The number of hydrogen-bond donors (Lipinski definition) is 2. The number of benzene rings is 1. The number of likely N-dealkylation sites (tertiary alicyclic amines) is 1. The number of pyridine rings is 1. The van der Waals surface area contributed by atoms with Crippen molar-refractivity contribution in [2.24, 2.45) is 0 Å². The number of H-pyrrole nitrogens is 1. The topological polar surface area (TPSA) is 72.6 Å². The molecule has 4 heterocycles. The molecule has 2 aliphatic rings. The quantitative estimate of drug-likeness (QED) is 0.532. The van der Waals surface area contributed by atoms with Gasteiger partial charge in [0.05, 0.1) is 23.5 Å². The Hall–Kier alpha value is -2.39. The molecule has 9 heteroatoms. The zero-order valence-corrected chi connectivity index (χ0v) is 20.8. The number of halogens is 1. The van der Waals surface area contributed by atoms with Crippen molar-refractivity contribution in [3.05, 3.63) is 35.5 Å². The number of anilines is 2. The van der Waals surface area contributed by atoms with Gasteiger partial charge in [-0.2, -0.15) is 0 Å². The molecule has 3 aromatic rings. The Morgan fingerprint density at radius 1 is 1.09 bits per heavy atom. The van der Waals surface area contributed by atoms with Crippen molar-refractivity contribution in [3.8, 4) is 11.4 Å². The maximum atomic E-state index is 6.55. The van der Waals surface area contributed by atoms with Gasteiger partial charge in [0.25, 0.3) is 0 Å². The van der Waals surface area contributed by atoms with Crippen LogP contribution in [0.2, 0.25) is 5.02 Å². The molecule has 34 heavy (non-hydrogen) atoms. The van der Waals surface area contributed by atoms with Crippen LogP contribution in [0.4, 0.5) is 11.4 Å². The van der Waals surface area contributed by atoms with Crippen LogP contribution in [0.15, 0.2) is 30.5 Å². The lowest BCUT2D eigenvalue weighted by Gasteiger charge is -2.36. The summed E-state index contributed by atoms with van der Waals surface area (Å²) in [6, 6.07) is 9.04. The Morgan fingerprint density at radius 2 is 1.82 bits per heavy atom. The van der Waals surface area contributed by atoms with Crippen LogP contribution in [0.1, 0.15) is 12.8 Å². The van der Waals surface area contributed by atoms with Gasteiger partial charge in [-0.1, -0.05) is 11.6 Å². The van der Waals surface area contributed by atoms with Gasteiger partial charge >= 0.3 is 0 Å². The summed E-state index contributed by atoms with van der Waals surface area (Å²) in [5, 5.41) is 4.28. The standard InChI is InChI=1S/C25H34ClN7O/c1-31-9-7-19(8-10-31)28-22-21(26)17-27-25-23(22)29-24(30-25)18-3-5-20(6-4-18)33-13-11-32(12-14-33)15-16-34-2/h3-6,17,19H,7-16H2,1-2H3,(H2,27,28,29,30). The molecule has 2 N–H and O–H groups in total. The van der Waals surface area contributed by atoms with E-state index < -0.39 is 0 Å². The number of imidazole rings is 1. The average Bonchev–Trinajstić information content (AvgIpc) is 3.31. The first-order chi connectivity index (χ1) is 16.6. The van der Waals surface area contributed by atoms with Crippen LogP contribution in [-0.4, -0.2) is 97.4 Å². The molecule has 0 unspecified atom stereocenters. The number of nitrogens with one attached hydrogen (secondary N) is 2. The Bertz CT molecular complexity index is 1090. The second-order valence-corrected chi connectivity index (χ2v) is 9.76. The summed E-state index contributed by atoms with van der Waals surface area (Å²) in [6.45, 7) is 8.16. The Labute approximate surface area is 206 Å². The lowest BCUT2D eigenvalue weighted by atomic mass is 10.1. The number of aromatic nitrogens is 3. The molecule has 1 aromatic carbocycles. The summed E-state index contributed by atoms with van der Waals surface area (Å²) in [6.07, 6.45) is 3.89. The molecule has 0 aliphatic carbocycles. The minimum absolute atomic E-state index is 0.403. The van der Waals surface area contributed by atoms with E-state index in [0.29, 0.717) is 16.7 Å². The van der Waals surface area contributed by atoms with Crippen LogP contribution >= 0.6 is 11.6 Å². The van der Waals surface area contributed by atoms with Gasteiger partial charge in [0, 0.05) is 57.1 Å². The smallest absolute Gasteiger partial charge is 0.180 e. The van der Waals surface area contributed by atoms with Crippen molar-refractivity contribution in [2.75, 3.05) is 76.8 Å². The van der Waals surface area contributed by atoms with Crippen molar-refractivity contribution in [2.45, 2.75) is 18.9 Å². The summed E-state index contributed by atoms with van der Waals surface area (Å²) < 4.78 is 5.21. The van der Waals surface area contributed by atoms with Crippen LogP contribution in [0.25, 0.3) is 22.6 Å². The third-order valence-electron chi connectivity index (χ3n) is 7.03. The van der Waals surface area contributed by atoms with E-state index in [1.807, 2.05) is 0 Å². The van der Waals surface area contributed by atoms with Gasteiger partial charge in [-0.05, 0) is 57.2 Å². The van der Waals surface area contributed by atoms with E-state index >= 15 is 0 Å². The molecule has 0 radical (unpaired) electrons. The maximum absolute atomic E-state index is 6.55. The molecule has 0 amide bonds. The van der Waals surface area contributed by atoms with Crippen molar-refractivity contribution in [3.63, 3.8) is 0 Å². The molecule has 5 rings (SSSR count). The molecule has 2 fully saturated rings. The molecule has 2 saturated heterocycles. The monoisotopic (exact) mass is 483 g/mol. The van der Waals surface area contributed by atoms with Gasteiger partial charge < -0.3 is 24.8 Å². The second-order valence-electron chi connectivity index (χ2n) is 9.36. The number of fused-ring (bicyclic) bond motifs is 1. The number of hydrogen-bond acceptors (Lipinski definition) is 7. The fourth-order valence-corrected chi connectivity index (χ4v) is 5.05. The summed E-state index contributed by atoms with van der Waals surface area (Å²) in [5.74, 6) is 0.812. The third-order valence-corrected chi connectivity index (χ3v) is 7.32. The molecular weight excluding hydrogens is 450 g/mol. The Balaban J connectivity index is 1.30. The highest BCUT2D eigenvalue weighted by molar-refractivity contribution is 6.34. The van der Waals surface area contributed by atoms with Crippen molar-refractivity contribution >= 4 is 34.1 Å². The minimum atomic E-state index is 0.403. The Kier molecular flexibility index (Phi) is 7.20. The van der Waals surface area contributed by atoms with E-state index in [2.05, 4.69) is 61.3 Å². The van der Waals surface area contributed by atoms with E-state index in [9.17, 15) is 0 Å². The highest BCUT2D eigenvalue weighted by atomic mass is 35.5. The number of ether oxygens (including phenoxy) is 1. The zero-order valence-electron chi connectivity index (χ0n) is 20.1. The van der Waals surface area contributed by atoms with Crippen LogP contribution < -0.4 is 10.2 Å². The normalized spacial score (nSPS) is 18.6. The Morgan fingerprint density at radius 3 is 2.53 bits per heavy atom. The number of piperazine rings is 1. The lowest BCUT2D eigenvalue weighted by Crippen LogP contribution is -2.47. The van der Waals surface area contributed by atoms with Gasteiger partial charge in [-0.3, -0.25) is 4.90 Å². The second kappa shape index (κ2) is 10.5. The highest BCUT2D eigenvalue weighted by Gasteiger charge is 2.21. The number of nitrogens with zero attached hydrogens (tertiary/aromatic N) is 5. The van der Waals surface area contributed by atoms with E-state index in [1.165, 1.54) is 5.69 Å². The predicted molar refractivity (Wildman–Crippen MR) is 139 cm³/mol. The van der Waals surface area contributed by atoms with Crippen LogP contribution in [0.5, 0.6) is 0 Å². The first-order valence-corrected chi connectivity index (χ1v) is 12.5. The van der Waals surface area contributed by atoms with Gasteiger partial charge in [-0.15, -0.1) is 0 Å². The van der Waals surface area contributed by atoms with Crippen molar-refractivity contribution < 1.29 is 4.74 Å². The zero-order chi connectivity index (χ0) is 23.5. The predicted octanol–water partition coefficient (Wildman–Crippen LogP) is 3.55. The fraction of sp³-hybridized carbons (Fsp3) is 0.520. The SMILES string of the molecule is COCCN1CCN(c2ccc(-c3nc4ncc(Cl)c(NC5CCN(C)CC5)c4[nH]3)cc2)CC1. The maximum Gasteiger partial charge on any atom is 0.180 e. The molecule has 0 bridgehead atoms. The third kappa shape index (κ3) is 5.15. The van der Waals surface area contributed by atoms with E-state index in [0.717, 1.165) is 87.9 Å². The van der Waals surface area contributed by atoms with Crippen LogP contribution in [-0.2, 0) is 4.74 Å². The number of rotatable bonds is 7. The van der Waals surface area contributed by atoms with E-state index in [1.54, 1.807) is 13.3 Å². The summed E-state index contributed by atoms with van der Waals surface area (Å²) >= 11 is 6.55. The summed E-state index contributed by atoms with van der Waals surface area (Å²) in [5.41, 5.74) is 4.76. The first-order valence-electron chi connectivity index (χ1n) is 12.2. The van der Waals surface area contributed by atoms with Gasteiger partial charge in [0.2, 0.25) is 0 Å². The lowest BCUT2D eigenvalue weighted by molar-refractivity contribution is 0.144. The number of piperidine rings is 1. The van der Waals surface area contributed by atoms with Crippen LogP contribution in [0, 0.1) is 0 Å². The summed E-state index contributed by atoms with van der Waals surface area (Å²) in [4.78, 5) is 20.0. The van der Waals surface area contributed by atoms with E-state index in [-0.39, 0.29) is 0 Å². The molecule has 2 aromatic heterocycles. The molecule has 8 nitrogen and oxygen atoms in total. The van der Waals surface area contributed by atoms with Gasteiger partial charge in [0.15, 0.2) is 5.65 Å².